The molecule has 0 bridgehead atoms. The lowest BCUT2D eigenvalue weighted by atomic mass is 9.96. The number of nitrogens with zero attached hydrogens (tertiary/aromatic N) is 2. The summed E-state index contributed by atoms with van der Waals surface area (Å²) in [7, 11) is 0. The summed E-state index contributed by atoms with van der Waals surface area (Å²) in [4.78, 5) is 28.5. The SMILES string of the molecule is CC1(C2CC2)NC(=O)N(CN2CC=C(c3ccccc3)CC2)C1=O. The molecular weight excluding hydrogens is 302 g/mol. The molecule has 1 aliphatic carbocycles. The van der Waals surface area contributed by atoms with Gasteiger partial charge in [0.05, 0.1) is 6.67 Å². The Morgan fingerprint density at radius 3 is 2.58 bits per heavy atom. The van der Waals surface area contributed by atoms with Crippen molar-refractivity contribution in [2.75, 3.05) is 19.8 Å². The molecule has 3 amide bonds. The van der Waals surface area contributed by atoms with Gasteiger partial charge in [-0.3, -0.25) is 9.69 Å². The Labute approximate surface area is 142 Å². The molecule has 1 N–H and O–H groups in total. The monoisotopic (exact) mass is 325 g/mol. The Balaban J connectivity index is 1.41. The minimum absolute atomic E-state index is 0.0622. The number of urea groups is 1. The van der Waals surface area contributed by atoms with E-state index in [-0.39, 0.29) is 11.9 Å². The molecular formula is C19H23N3O2. The highest BCUT2D eigenvalue weighted by Gasteiger charge is 2.56. The van der Waals surface area contributed by atoms with E-state index in [1.165, 1.54) is 16.0 Å². The first kappa shape index (κ1) is 15.4. The predicted molar refractivity (Wildman–Crippen MR) is 92.0 cm³/mol. The summed E-state index contributed by atoms with van der Waals surface area (Å²) in [5.74, 6) is 0.248. The van der Waals surface area contributed by atoms with Crippen molar-refractivity contribution < 1.29 is 9.59 Å². The molecule has 1 unspecified atom stereocenters. The second kappa shape index (κ2) is 5.74. The van der Waals surface area contributed by atoms with Crippen LogP contribution in [-0.2, 0) is 4.79 Å². The normalized spacial score (nSPS) is 28.0. The number of rotatable bonds is 4. The maximum atomic E-state index is 12.7. The van der Waals surface area contributed by atoms with E-state index in [2.05, 4.69) is 40.6 Å². The quantitative estimate of drug-likeness (QED) is 0.865. The Hall–Kier alpha value is -2.14. The summed E-state index contributed by atoms with van der Waals surface area (Å²) in [5.41, 5.74) is 1.91. The van der Waals surface area contributed by atoms with Gasteiger partial charge in [0.25, 0.3) is 5.91 Å². The fourth-order valence-electron chi connectivity index (χ4n) is 3.74. The Bertz CT molecular complexity index is 696. The molecule has 126 valence electrons. The molecule has 1 saturated carbocycles. The van der Waals surface area contributed by atoms with Crippen LogP contribution < -0.4 is 5.32 Å². The smallest absolute Gasteiger partial charge is 0.323 e. The van der Waals surface area contributed by atoms with E-state index in [4.69, 9.17) is 0 Å². The molecule has 3 aliphatic rings. The molecule has 1 atom stereocenters. The van der Waals surface area contributed by atoms with Gasteiger partial charge < -0.3 is 5.32 Å². The molecule has 4 rings (SSSR count). The lowest BCUT2D eigenvalue weighted by Gasteiger charge is -2.29. The third-order valence-corrected chi connectivity index (χ3v) is 5.47. The molecule has 0 spiro atoms. The first-order valence-electron chi connectivity index (χ1n) is 8.69. The third-order valence-electron chi connectivity index (χ3n) is 5.47. The molecule has 2 heterocycles. The first-order valence-corrected chi connectivity index (χ1v) is 8.69. The van der Waals surface area contributed by atoms with E-state index >= 15 is 0 Å². The van der Waals surface area contributed by atoms with Gasteiger partial charge in [-0.1, -0.05) is 36.4 Å². The summed E-state index contributed by atoms with van der Waals surface area (Å²) in [6.45, 7) is 3.87. The zero-order valence-corrected chi connectivity index (χ0v) is 14.0. The number of carbonyl (C=O) groups is 2. The number of hydrogen-bond acceptors (Lipinski definition) is 3. The maximum Gasteiger partial charge on any atom is 0.326 e. The number of carbonyl (C=O) groups excluding carboxylic acids is 2. The van der Waals surface area contributed by atoms with Crippen molar-refractivity contribution >= 4 is 17.5 Å². The second-order valence-electron chi connectivity index (χ2n) is 7.20. The number of nitrogens with one attached hydrogen (secondary N) is 1. The van der Waals surface area contributed by atoms with Crippen molar-refractivity contribution in [3.8, 4) is 0 Å². The summed E-state index contributed by atoms with van der Waals surface area (Å²) < 4.78 is 0. The van der Waals surface area contributed by atoms with Crippen molar-refractivity contribution in [1.29, 1.82) is 0 Å². The van der Waals surface area contributed by atoms with E-state index < -0.39 is 5.54 Å². The van der Waals surface area contributed by atoms with Crippen molar-refractivity contribution in [3.05, 3.63) is 42.0 Å². The fraction of sp³-hybridized carbons (Fsp3) is 0.474. The summed E-state index contributed by atoms with van der Waals surface area (Å²) in [6.07, 6.45) is 5.21. The van der Waals surface area contributed by atoms with E-state index in [1.54, 1.807) is 0 Å². The standard InChI is InChI=1S/C19H23N3O2/c1-19(16-7-8-16)17(23)22(18(24)20-19)13-21-11-9-15(10-12-21)14-5-3-2-4-6-14/h2-6,9,16H,7-8,10-13H2,1H3,(H,20,24). The maximum absolute atomic E-state index is 12.7. The molecule has 2 fully saturated rings. The van der Waals surface area contributed by atoms with E-state index in [0.29, 0.717) is 12.6 Å². The lowest BCUT2D eigenvalue weighted by molar-refractivity contribution is -0.132. The summed E-state index contributed by atoms with van der Waals surface area (Å²) >= 11 is 0. The number of amides is 3. The van der Waals surface area contributed by atoms with Crippen LogP contribution in [-0.4, -0.2) is 47.0 Å². The van der Waals surface area contributed by atoms with Crippen LogP contribution in [0.15, 0.2) is 36.4 Å². The van der Waals surface area contributed by atoms with Crippen LogP contribution in [0.1, 0.15) is 31.7 Å². The Morgan fingerprint density at radius 2 is 1.96 bits per heavy atom. The number of benzene rings is 1. The average molecular weight is 325 g/mol. The molecule has 1 aromatic carbocycles. The second-order valence-corrected chi connectivity index (χ2v) is 7.20. The molecule has 24 heavy (non-hydrogen) atoms. The average Bonchev–Trinajstić information content (AvgIpc) is 3.43. The van der Waals surface area contributed by atoms with Gasteiger partial charge in [0.15, 0.2) is 0 Å². The van der Waals surface area contributed by atoms with Crippen LogP contribution in [0.2, 0.25) is 0 Å². The molecule has 5 heteroatoms. The van der Waals surface area contributed by atoms with Crippen LogP contribution >= 0.6 is 0 Å². The summed E-state index contributed by atoms with van der Waals surface area (Å²) in [5, 5.41) is 2.91. The van der Waals surface area contributed by atoms with Crippen LogP contribution in [0.5, 0.6) is 0 Å². The Kier molecular flexibility index (Phi) is 3.68. The van der Waals surface area contributed by atoms with Crippen molar-refractivity contribution in [3.63, 3.8) is 0 Å². The van der Waals surface area contributed by atoms with Crippen molar-refractivity contribution in [2.45, 2.75) is 31.7 Å². The van der Waals surface area contributed by atoms with Crippen molar-refractivity contribution in [2.24, 2.45) is 5.92 Å². The highest BCUT2D eigenvalue weighted by molar-refractivity contribution is 6.07. The van der Waals surface area contributed by atoms with Crippen LogP contribution in [0.3, 0.4) is 0 Å². The number of hydrogen-bond donors (Lipinski definition) is 1. The van der Waals surface area contributed by atoms with Crippen LogP contribution in [0, 0.1) is 5.92 Å². The highest BCUT2D eigenvalue weighted by Crippen LogP contribution is 2.42. The van der Waals surface area contributed by atoms with Gasteiger partial charge >= 0.3 is 6.03 Å². The number of imide groups is 1. The van der Waals surface area contributed by atoms with Gasteiger partial charge in [-0.25, -0.2) is 9.69 Å². The molecule has 5 nitrogen and oxygen atoms in total. The molecule has 1 aromatic rings. The summed E-state index contributed by atoms with van der Waals surface area (Å²) in [6, 6.07) is 10.1. The van der Waals surface area contributed by atoms with Gasteiger partial charge in [0, 0.05) is 13.1 Å². The van der Waals surface area contributed by atoms with Gasteiger partial charge in [-0.2, -0.15) is 0 Å². The first-order chi connectivity index (χ1) is 11.6. The van der Waals surface area contributed by atoms with Gasteiger partial charge in [0.2, 0.25) is 0 Å². The van der Waals surface area contributed by atoms with Crippen molar-refractivity contribution in [1.82, 2.24) is 15.1 Å². The third kappa shape index (κ3) is 2.63. The lowest BCUT2D eigenvalue weighted by Crippen LogP contribution is -2.47. The van der Waals surface area contributed by atoms with E-state index in [9.17, 15) is 9.59 Å². The Morgan fingerprint density at radius 1 is 1.21 bits per heavy atom. The molecule has 0 aromatic heterocycles. The molecule has 1 saturated heterocycles. The largest absolute Gasteiger partial charge is 0.326 e. The highest BCUT2D eigenvalue weighted by atomic mass is 16.2. The topological polar surface area (TPSA) is 52.7 Å². The minimum atomic E-state index is -0.683. The van der Waals surface area contributed by atoms with Gasteiger partial charge in [-0.15, -0.1) is 0 Å². The zero-order valence-electron chi connectivity index (χ0n) is 14.0. The van der Waals surface area contributed by atoms with Gasteiger partial charge in [-0.05, 0) is 43.2 Å². The fourth-order valence-corrected chi connectivity index (χ4v) is 3.74. The van der Waals surface area contributed by atoms with Crippen LogP contribution in [0.4, 0.5) is 4.79 Å². The van der Waals surface area contributed by atoms with E-state index in [1.807, 2.05) is 13.0 Å². The molecule has 0 radical (unpaired) electrons. The minimum Gasteiger partial charge on any atom is -0.323 e. The predicted octanol–water partition coefficient (Wildman–Crippen LogP) is 2.45. The zero-order chi connectivity index (χ0) is 16.7. The van der Waals surface area contributed by atoms with Gasteiger partial charge in [0.1, 0.15) is 5.54 Å². The van der Waals surface area contributed by atoms with Crippen LogP contribution in [0.25, 0.3) is 5.57 Å². The molecule has 2 aliphatic heterocycles. The van der Waals surface area contributed by atoms with E-state index in [0.717, 1.165) is 32.4 Å².